The molecule has 2 aromatic rings. The van der Waals surface area contributed by atoms with Crippen LogP contribution in [0.5, 0.6) is 0 Å². The molecule has 0 bridgehead atoms. The fourth-order valence-electron chi connectivity index (χ4n) is 1.71. The first-order valence-electron chi connectivity index (χ1n) is 5.14. The van der Waals surface area contributed by atoms with Crippen molar-refractivity contribution < 1.29 is 0 Å². The van der Waals surface area contributed by atoms with Crippen LogP contribution < -0.4 is 5.32 Å². The van der Waals surface area contributed by atoms with E-state index in [9.17, 15) is 0 Å². The summed E-state index contributed by atoms with van der Waals surface area (Å²) < 4.78 is 0. The zero-order chi connectivity index (χ0) is 11.4. The molecule has 0 radical (unpaired) electrons. The first kappa shape index (κ1) is 11.1. The Morgan fingerprint density at radius 2 is 1.94 bits per heavy atom. The van der Waals surface area contributed by atoms with Crippen LogP contribution in [0.4, 0.5) is 0 Å². The number of pyridine rings is 1. The SMILES string of the molecule is CNCc1cc(Cl)ccc1-c1ccncc1. The fourth-order valence-corrected chi connectivity index (χ4v) is 1.91. The van der Waals surface area contributed by atoms with Gasteiger partial charge >= 0.3 is 0 Å². The molecule has 1 heterocycles. The average Bonchev–Trinajstić information content (AvgIpc) is 2.31. The minimum atomic E-state index is 0.767. The summed E-state index contributed by atoms with van der Waals surface area (Å²) >= 11 is 6.00. The molecule has 2 nitrogen and oxygen atoms in total. The number of rotatable bonds is 3. The Labute approximate surface area is 100 Å². The van der Waals surface area contributed by atoms with Crippen LogP contribution in [0.3, 0.4) is 0 Å². The summed E-state index contributed by atoms with van der Waals surface area (Å²) in [4.78, 5) is 4.02. The molecule has 0 saturated heterocycles. The van der Waals surface area contributed by atoms with Gasteiger partial charge in [0.15, 0.2) is 0 Å². The molecule has 0 aliphatic heterocycles. The van der Waals surface area contributed by atoms with E-state index in [1.54, 1.807) is 12.4 Å². The molecule has 0 amide bonds. The molecule has 3 heteroatoms. The Balaban J connectivity index is 2.48. The van der Waals surface area contributed by atoms with Crippen LogP contribution in [0, 0.1) is 0 Å². The largest absolute Gasteiger partial charge is 0.316 e. The molecule has 0 aliphatic carbocycles. The van der Waals surface area contributed by atoms with Gasteiger partial charge in [-0.3, -0.25) is 4.98 Å². The molecular weight excluding hydrogens is 220 g/mol. The summed E-state index contributed by atoms with van der Waals surface area (Å²) in [6.45, 7) is 0.804. The maximum absolute atomic E-state index is 6.00. The molecule has 0 aliphatic rings. The third kappa shape index (κ3) is 2.40. The van der Waals surface area contributed by atoms with Crippen LogP contribution in [-0.4, -0.2) is 12.0 Å². The van der Waals surface area contributed by atoms with E-state index in [1.807, 2.05) is 37.4 Å². The van der Waals surface area contributed by atoms with Gasteiger partial charge < -0.3 is 5.32 Å². The van der Waals surface area contributed by atoms with Gasteiger partial charge in [-0.05, 0) is 48.0 Å². The second kappa shape index (κ2) is 5.10. The Morgan fingerprint density at radius 3 is 2.62 bits per heavy atom. The summed E-state index contributed by atoms with van der Waals surface area (Å²) in [5.74, 6) is 0. The predicted molar refractivity (Wildman–Crippen MR) is 67.4 cm³/mol. The van der Waals surface area contributed by atoms with Crippen LogP contribution in [-0.2, 0) is 6.54 Å². The molecule has 0 saturated carbocycles. The fraction of sp³-hybridized carbons (Fsp3) is 0.154. The summed E-state index contributed by atoms with van der Waals surface area (Å²) in [5, 5.41) is 3.91. The van der Waals surface area contributed by atoms with Crippen molar-refractivity contribution in [3.63, 3.8) is 0 Å². The molecule has 1 aromatic carbocycles. The third-order valence-electron chi connectivity index (χ3n) is 2.43. The highest BCUT2D eigenvalue weighted by Gasteiger charge is 2.04. The van der Waals surface area contributed by atoms with Crippen LogP contribution in [0.25, 0.3) is 11.1 Å². The first-order valence-corrected chi connectivity index (χ1v) is 5.52. The van der Waals surface area contributed by atoms with E-state index in [2.05, 4.69) is 10.3 Å². The van der Waals surface area contributed by atoms with Crippen molar-refractivity contribution in [2.75, 3.05) is 7.05 Å². The topological polar surface area (TPSA) is 24.9 Å². The van der Waals surface area contributed by atoms with E-state index < -0.39 is 0 Å². The van der Waals surface area contributed by atoms with Crippen LogP contribution in [0.2, 0.25) is 5.02 Å². The van der Waals surface area contributed by atoms with Crippen molar-refractivity contribution in [1.82, 2.24) is 10.3 Å². The molecule has 2 rings (SSSR count). The maximum Gasteiger partial charge on any atom is 0.0409 e. The smallest absolute Gasteiger partial charge is 0.0409 e. The van der Waals surface area contributed by atoms with Gasteiger partial charge in [-0.15, -0.1) is 0 Å². The number of nitrogens with one attached hydrogen (secondary N) is 1. The minimum Gasteiger partial charge on any atom is -0.316 e. The van der Waals surface area contributed by atoms with Crippen molar-refractivity contribution in [2.45, 2.75) is 6.54 Å². The Kier molecular flexibility index (Phi) is 3.54. The Hall–Kier alpha value is -1.38. The lowest BCUT2D eigenvalue weighted by Crippen LogP contribution is -2.06. The van der Waals surface area contributed by atoms with Crippen molar-refractivity contribution in [3.05, 3.63) is 53.3 Å². The molecular formula is C13H13ClN2. The van der Waals surface area contributed by atoms with Gasteiger partial charge in [0, 0.05) is 24.0 Å². The number of nitrogens with zero attached hydrogens (tertiary/aromatic N) is 1. The molecule has 0 unspecified atom stereocenters. The molecule has 0 atom stereocenters. The van der Waals surface area contributed by atoms with E-state index in [0.29, 0.717) is 0 Å². The van der Waals surface area contributed by atoms with Crippen LogP contribution in [0.1, 0.15) is 5.56 Å². The number of aromatic nitrogens is 1. The molecule has 16 heavy (non-hydrogen) atoms. The number of benzene rings is 1. The zero-order valence-electron chi connectivity index (χ0n) is 9.07. The highest BCUT2D eigenvalue weighted by atomic mass is 35.5. The number of hydrogen-bond donors (Lipinski definition) is 1. The van der Waals surface area contributed by atoms with E-state index in [4.69, 9.17) is 11.6 Å². The summed E-state index contributed by atoms with van der Waals surface area (Å²) in [6.07, 6.45) is 3.60. The van der Waals surface area contributed by atoms with Gasteiger partial charge in [-0.2, -0.15) is 0 Å². The van der Waals surface area contributed by atoms with Crippen molar-refractivity contribution >= 4 is 11.6 Å². The van der Waals surface area contributed by atoms with Gasteiger partial charge in [0.05, 0.1) is 0 Å². The van der Waals surface area contributed by atoms with Gasteiger partial charge in [0.25, 0.3) is 0 Å². The van der Waals surface area contributed by atoms with Crippen LogP contribution >= 0.6 is 11.6 Å². The molecule has 0 fully saturated rings. The number of hydrogen-bond acceptors (Lipinski definition) is 2. The lowest BCUT2D eigenvalue weighted by molar-refractivity contribution is 0.819. The molecule has 1 aromatic heterocycles. The molecule has 0 spiro atoms. The third-order valence-corrected chi connectivity index (χ3v) is 2.66. The first-order chi connectivity index (χ1) is 7.81. The second-order valence-corrected chi connectivity index (χ2v) is 4.00. The average molecular weight is 233 g/mol. The highest BCUT2D eigenvalue weighted by molar-refractivity contribution is 6.30. The van der Waals surface area contributed by atoms with Crippen molar-refractivity contribution in [3.8, 4) is 11.1 Å². The zero-order valence-corrected chi connectivity index (χ0v) is 9.83. The normalized spacial score (nSPS) is 10.4. The van der Waals surface area contributed by atoms with Gasteiger partial charge in [-0.25, -0.2) is 0 Å². The number of halogens is 1. The standard InChI is InChI=1S/C13H13ClN2/c1-15-9-11-8-12(14)2-3-13(11)10-4-6-16-7-5-10/h2-8,15H,9H2,1H3. The van der Waals surface area contributed by atoms with E-state index in [0.717, 1.165) is 17.1 Å². The quantitative estimate of drug-likeness (QED) is 0.880. The summed E-state index contributed by atoms with van der Waals surface area (Å²) in [5.41, 5.74) is 3.55. The molecule has 1 N–H and O–H groups in total. The van der Waals surface area contributed by atoms with E-state index in [1.165, 1.54) is 11.1 Å². The Bertz CT molecular complexity index is 469. The lowest BCUT2D eigenvalue weighted by Gasteiger charge is -2.09. The van der Waals surface area contributed by atoms with Crippen molar-refractivity contribution in [1.29, 1.82) is 0 Å². The summed E-state index contributed by atoms with van der Waals surface area (Å²) in [6, 6.07) is 9.96. The maximum atomic E-state index is 6.00. The Morgan fingerprint density at radius 1 is 1.19 bits per heavy atom. The van der Waals surface area contributed by atoms with Gasteiger partial charge in [0.1, 0.15) is 0 Å². The second-order valence-electron chi connectivity index (χ2n) is 3.57. The van der Waals surface area contributed by atoms with Gasteiger partial charge in [-0.1, -0.05) is 17.7 Å². The van der Waals surface area contributed by atoms with Crippen molar-refractivity contribution in [2.24, 2.45) is 0 Å². The van der Waals surface area contributed by atoms with E-state index in [-0.39, 0.29) is 0 Å². The lowest BCUT2D eigenvalue weighted by atomic mass is 10.0. The predicted octanol–water partition coefficient (Wildman–Crippen LogP) is 3.12. The minimum absolute atomic E-state index is 0.767. The highest BCUT2D eigenvalue weighted by Crippen LogP contribution is 2.25. The van der Waals surface area contributed by atoms with Crippen LogP contribution in [0.15, 0.2) is 42.7 Å². The molecule has 82 valence electrons. The van der Waals surface area contributed by atoms with Gasteiger partial charge in [0.2, 0.25) is 0 Å². The monoisotopic (exact) mass is 232 g/mol. The van der Waals surface area contributed by atoms with E-state index >= 15 is 0 Å². The summed E-state index contributed by atoms with van der Waals surface area (Å²) in [7, 11) is 1.93.